The van der Waals surface area contributed by atoms with Gasteiger partial charge in [-0.05, 0) is 12.8 Å². The van der Waals surface area contributed by atoms with E-state index in [9.17, 15) is 4.79 Å². The van der Waals surface area contributed by atoms with Gasteiger partial charge in [-0.25, -0.2) is 0 Å². The number of benzene rings is 1. The van der Waals surface area contributed by atoms with Gasteiger partial charge in [0.05, 0.1) is 6.07 Å². The van der Waals surface area contributed by atoms with Crippen LogP contribution < -0.4 is 0 Å². The Kier molecular flexibility index (Phi) is 5.28. The summed E-state index contributed by atoms with van der Waals surface area (Å²) < 4.78 is 0. The standard InChI is InChI=1S/C14H17NO/c1-2-7-12(10-6-11-15)14(16)13-8-4-3-5-9-13/h3-5,8-9,12H,2,6-7,10H2,1H3. The molecule has 0 aliphatic carbocycles. The minimum atomic E-state index is 0.00653. The van der Waals surface area contributed by atoms with E-state index >= 15 is 0 Å². The van der Waals surface area contributed by atoms with Crippen molar-refractivity contribution in [1.29, 1.82) is 5.26 Å². The van der Waals surface area contributed by atoms with Crippen molar-refractivity contribution in [3.05, 3.63) is 35.9 Å². The Morgan fingerprint density at radius 2 is 2.00 bits per heavy atom. The second-order valence-electron chi connectivity index (χ2n) is 3.91. The summed E-state index contributed by atoms with van der Waals surface area (Å²) in [5, 5.41) is 8.57. The number of carbonyl (C=O) groups excluding carboxylic acids is 1. The molecule has 1 atom stereocenters. The van der Waals surface area contributed by atoms with Crippen LogP contribution in [-0.2, 0) is 0 Å². The maximum absolute atomic E-state index is 12.1. The van der Waals surface area contributed by atoms with Crippen molar-refractivity contribution in [3.8, 4) is 6.07 Å². The van der Waals surface area contributed by atoms with Crippen molar-refractivity contribution in [2.45, 2.75) is 32.6 Å². The first kappa shape index (κ1) is 12.4. The Bertz CT molecular complexity index is 364. The lowest BCUT2D eigenvalue weighted by atomic mass is 9.90. The first-order valence-corrected chi connectivity index (χ1v) is 5.75. The van der Waals surface area contributed by atoms with Crippen molar-refractivity contribution in [1.82, 2.24) is 0 Å². The molecule has 1 unspecified atom stereocenters. The van der Waals surface area contributed by atoms with Crippen LogP contribution in [0.2, 0.25) is 0 Å². The third-order valence-corrected chi connectivity index (χ3v) is 2.67. The number of hydrogen-bond acceptors (Lipinski definition) is 2. The molecule has 0 radical (unpaired) electrons. The molecule has 2 nitrogen and oxygen atoms in total. The van der Waals surface area contributed by atoms with E-state index in [-0.39, 0.29) is 11.7 Å². The van der Waals surface area contributed by atoms with E-state index in [1.807, 2.05) is 30.3 Å². The van der Waals surface area contributed by atoms with E-state index in [1.165, 1.54) is 0 Å². The molecule has 0 aromatic heterocycles. The summed E-state index contributed by atoms with van der Waals surface area (Å²) in [6.45, 7) is 2.07. The topological polar surface area (TPSA) is 40.9 Å². The van der Waals surface area contributed by atoms with E-state index in [0.717, 1.165) is 18.4 Å². The fraction of sp³-hybridized carbons (Fsp3) is 0.429. The average Bonchev–Trinajstić information content (AvgIpc) is 2.35. The minimum absolute atomic E-state index is 0.00653. The van der Waals surface area contributed by atoms with E-state index in [0.29, 0.717) is 12.8 Å². The van der Waals surface area contributed by atoms with Gasteiger partial charge in [-0.1, -0.05) is 43.7 Å². The van der Waals surface area contributed by atoms with Crippen LogP contribution in [0, 0.1) is 17.2 Å². The van der Waals surface area contributed by atoms with Crippen molar-refractivity contribution in [2.24, 2.45) is 5.92 Å². The number of nitriles is 1. The van der Waals surface area contributed by atoms with Gasteiger partial charge in [-0.15, -0.1) is 0 Å². The summed E-state index contributed by atoms with van der Waals surface area (Å²) in [7, 11) is 0. The number of Topliss-reactive ketones (excluding diaryl/α,β-unsaturated/α-hetero) is 1. The molecule has 0 N–H and O–H groups in total. The monoisotopic (exact) mass is 215 g/mol. The molecule has 1 rings (SSSR count). The SMILES string of the molecule is CCCC(CCC#N)C(=O)c1ccccc1. The van der Waals surface area contributed by atoms with Gasteiger partial charge >= 0.3 is 0 Å². The molecule has 0 saturated heterocycles. The van der Waals surface area contributed by atoms with Crippen LogP contribution in [0.5, 0.6) is 0 Å². The number of nitrogens with zero attached hydrogens (tertiary/aromatic N) is 1. The Balaban J connectivity index is 2.71. The molecular weight excluding hydrogens is 198 g/mol. The van der Waals surface area contributed by atoms with Crippen LogP contribution in [-0.4, -0.2) is 5.78 Å². The van der Waals surface area contributed by atoms with Crippen LogP contribution in [0.1, 0.15) is 43.0 Å². The molecule has 1 aromatic carbocycles. The van der Waals surface area contributed by atoms with Gasteiger partial charge in [-0.2, -0.15) is 5.26 Å². The largest absolute Gasteiger partial charge is 0.294 e. The fourth-order valence-corrected chi connectivity index (χ4v) is 1.83. The second-order valence-corrected chi connectivity index (χ2v) is 3.91. The fourth-order valence-electron chi connectivity index (χ4n) is 1.83. The third-order valence-electron chi connectivity index (χ3n) is 2.67. The highest BCUT2D eigenvalue weighted by atomic mass is 16.1. The van der Waals surface area contributed by atoms with Gasteiger partial charge in [0.25, 0.3) is 0 Å². The third kappa shape index (κ3) is 3.51. The van der Waals surface area contributed by atoms with Gasteiger partial charge in [0, 0.05) is 17.9 Å². The van der Waals surface area contributed by atoms with Crippen LogP contribution in [0.15, 0.2) is 30.3 Å². The van der Waals surface area contributed by atoms with Gasteiger partial charge in [0.2, 0.25) is 0 Å². The molecule has 1 aromatic rings. The van der Waals surface area contributed by atoms with E-state index < -0.39 is 0 Å². The van der Waals surface area contributed by atoms with Crippen molar-refractivity contribution in [2.75, 3.05) is 0 Å². The molecule has 0 saturated carbocycles. The first-order valence-electron chi connectivity index (χ1n) is 5.75. The highest BCUT2D eigenvalue weighted by Gasteiger charge is 2.18. The molecule has 0 amide bonds. The van der Waals surface area contributed by atoms with Gasteiger partial charge in [0.15, 0.2) is 5.78 Å². The zero-order valence-electron chi connectivity index (χ0n) is 9.65. The molecule has 84 valence electrons. The Labute approximate surface area is 96.9 Å². The number of hydrogen-bond donors (Lipinski definition) is 0. The molecule has 0 aliphatic rings. The van der Waals surface area contributed by atoms with Crippen molar-refractivity contribution in [3.63, 3.8) is 0 Å². The summed E-state index contributed by atoms with van der Waals surface area (Å²) in [4.78, 5) is 12.1. The summed E-state index contributed by atoms with van der Waals surface area (Å²) in [6.07, 6.45) is 2.99. The molecular formula is C14H17NO. The summed E-state index contributed by atoms with van der Waals surface area (Å²) >= 11 is 0. The van der Waals surface area contributed by atoms with Crippen LogP contribution in [0.25, 0.3) is 0 Å². The maximum Gasteiger partial charge on any atom is 0.165 e. The molecule has 0 spiro atoms. The predicted molar refractivity (Wildman–Crippen MR) is 64.0 cm³/mol. The molecule has 0 heterocycles. The first-order chi connectivity index (χ1) is 7.79. The Hall–Kier alpha value is -1.62. The van der Waals surface area contributed by atoms with Gasteiger partial charge < -0.3 is 0 Å². The van der Waals surface area contributed by atoms with Gasteiger partial charge in [-0.3, -0.25) is 4.79 Å². The Morgan fingerprint density at radius 3 is 2.56 bits per heavy atom. The van der Waals surface area contributed by atoms with Crippen LogP contribution in [0.4, 0.5) is 0 Å². The lowest BCUT2D eigenvalue weighted by Gasteiger charge is -2.13. The van der Waals surface area contributed by atoms with E-state index in [2.05, 4.69) is 13.0 Å². The smallest absolute Gasteiger partial charge is 0.165 e. The summed E-state index contributed by atoms with van der Waals surface area (Å²) in [5.74, 6) is 0.185. The minimum Gasteiger partial charge on any atom is -0.294 e. The zero-order chi connectivity index (χ0) is 11.8. The Morgan fingerprint density at radius 1 is 1.31 bits per heavy atom. The normalized spacial score (nSPS) is 11.8. The lowest BCUT2D eigenvalue weighted by molar-refractivity contribution is 0.0906. The maximum atomic E-state index is 12.1. The quantitative estimate of drug-likeness (QED) is 0.680. The van der Waals surface area contributed by atoms with Gasteiger partial charge in [0.1, 0.15) is 0 Å². The molecule has 0 bridgehead atoms. The van der Waals surface area contributed by atoms with Crippen molar-refractivity contribution < 1.29 is 4.79 Å². The molecule has 16 heavy (non-hydrogen) atoms. The zero-order valence-corrected chi connectivity index (χ0v) is 9.65. The predicted octanol–water partition coefficient (Wildman–Crippen LogP) is 3.59. The number of rotatable bonds is 6. The molecule has 0 aliphatic heterocycles. The van der Waals surface area contributed by atoms with E-state index in [1.54, 1.807) is 0 Å². The van der Waals surface area contributed by atoms with Crippen molar-refractivity contribution >= 4 is 5.78 Å². The summed E-state index contributed by atoms with van der Waals surface area (Å²) in [6, 6.07) is 11.5. The summed E-state index contributed by atoms with van der Waals surface area (Å²) in [5.41, 5.74) is 0.763. The highest BCUT2D eigenvalue weighted by molar-refractivity contribution is 5.97. The number of carbonyl (C=O) groups is 1. The highest BCUT2D eigenvalue weighted by Crippen LogP contribution is 2.19. The molecule has 2 heteroatoms. The van der Waals surface area contributed by atoms with E-state index in [4.69, 9.17) is 5.26 Å². The lowest BCUT2D eigenvalue weighted by Crippen LogP contribution is -2.14. The number of ketones is 1. The van der Waals surface area contributed by atoms with Crippen LogP contribution >= 0.6 is 0 Å². The van der Waals surface area contributed by atoms with Crippen LogP contribution in [0.3, 0.4) is 0 Å². The average molecular weight is 215 g/mol. The molecule has 0 fully saturated rings. The second kappa shape index (κ2) is 6.79.